The van der Waals surface area contributed by atoms with Crippen molar-refractivity contribution in [3.8, 4) is 0 Å². The highest BCUT2D eigenvalue weighted by Crippen LogP contribution is 2.17. The van der Waals surface area contributed by atoms with Gasteiger partial charge in [0.05, 0.1) is 6.26 Å². The van der Waals surface area contributed by atoms with Gasteiger partial charge >= 0.3 is 0 Å². The predicted molar refractivity (Wildman–Crippen MR) is 81.2 cm³/mol. The standard InChI is InChI=1S/C16H18N2O3/c1-11(2)9-15(19)17-12-5-3-6-13(10-12)18-16(20)14-7-4-8-21-14/h3-8,10-11H,9H2,1-2H3,(H,17,19)(H,18,20). The summed E-state index contributed by atoms with van der Waals surface area (Å²) in [6.45, 7) is 3.97. The summed E-state index contributed by atoms with van der Waals surface area (Å²) < 4.78 is 5.02. The number of hydrogen-bond donors (Lipinski definition) is 2. The molecule has 0 aliphatic carbocycles. The molecule has 2 amide bonds. The zero-order valence-corrected chi connectivity index (χ0v) is 12.1. The lowest BCUT2D eigenvalue weighted by molar-refractivity contribution is -0.116. The molecule has 0 fully saturated rings. The van der Waals surface area contributed by atoms with Crippen LogP contribution in [0.15, 0.2) is 47.1 Å². The molecule has 2 rings (SSSR count). The Bertz CT molecular complexity index is 618. The molecule has 0 saturated carbocycles. The first-order chi connectivity index (χ1) is 10.0. The Hall–Kier alpha value is -2.56. The summed E-state index contributed by atoms with van der Waals surface area (Å²) in [5.41, 5.74) is 1.25. The SMILES string of the molecule is CC(C)CC(=O)Nc1cccc(NC(=O)c2ccco2)c1. The average molecular weight is 286 g/mol. The van der Waals surface area contributed by atoms with Crippen LogP contribution in [0.25, 0.3) is 0 Å². The van der Waals surface area contributed by atoms with Crippen LogP contribution in [0, 0.1) is 5.92 Å². The van der Waals surface area contributed by atoms with Crippen LogP contribution >= 0.6 is 0 Å². The molecule has 0 aliphatic heterocycles. The summed E-state index contributed by atoms with van der Waals surface area (Å²) in [4.78, 5) is 23.6. The summed E-state index contributed by atoms with van der Waals surface area (Å²) in [5.74, 6) is 0.168. The molecule has 0 saturated heterocycles. The van der Waals surface area contributed by atoms with Crippen LogP contribution in [0.5, 0.6) is 0 Å². The molecule has 2 N–H and O–H groups in total. The van der Waals surface area contributed by atoms with Crippen molar-refractivity contribution in [2.24, 2.45) is 5.92 Å². The molecule has 5 heteroatoms. The molecule has 21 heavy (non-hydrogen) atoms. The topological polar surface area (TPSA) is 71.3 Å². The number of carbonyl (C=O) groups excluding carboxylic acids is 2. The molecule has 1 aromatic heterocycles. The lowest BCUT2D eigenvalue weighted by atomic mass is 10.1. The largest absolute Gasteiger partial charge is 0.459 e. The van der Waals surface area contributed by atoms with Crippen LogP contribution in [-0.2, 0) is 4.79 Å². The van der Waals surface area contributed by atoms with Crippen LogP contribution in [0.1, 0.15) is 30.8 Å². The predicted octanol–water partition coefficient (Wildman–Crippen LogP) is 3.52. The van der Waals surface area contributed by atoms with Gasteiger partial charge in [-0.2, -0.15) is 0 Å². The maximum absolute atomic E-state index is 11.9. The number of amides is 2. The molecule has 1 aromatic carbocycles. The van der Waals surface area contributed by atoms with E-state index >= 15 is 0 Å². The Kier molecular flexibility index (Phi) is 4.77. The van der Waals surface area contributed by atoms with Gasteiger partial charge in [-0.15, -0.1) is 0 Å². The first-order valence-corrected chi connectivity index (χ1v) is 6.79. The summed E-state index contributed by atoms with van der Waals surface area (Å²) in [7, 11) is 0. The summed E-state index contributed by atoms with van der Waals surface area (Å²) >= 11 is 0. The third kappa shape index (κ3) is 4.49. The Balaban J connectivity index is 2.01. The zero-order valence-electron chi connectivity index (χ0n) is 12.1. The van der Waals surface area contributed by atoms with E-state index in [0.29, 0.717) is 23.7 Å². The van der Waals surface area contributed by atoms with Gasteiger partial charge < -0.3 is 15.1 Å². The first kappa shape index (κ1) is 14.8. The number of benzene rings is 1. The molecule has 2 aromatic rings. The third-order valence-corrected chi connectivity index (χ3v) is 2.74. The zero-order chi connectivity index (χ0) is 15.2. The van der Waals surface area contributed by atoms with E-state index in [4.69, 9.17) is 4.42 Å². The average Bonchev–Trinajstić information content (AvgIpc) is 2.91. The van der Waals surface area contributed by atoms with Gasteiger partial charge in [-0.05, 0) is 36.2 Å². The van der Waals surface area contributed by atoms with Gasteiger partial charge in [0.25, 0.3) is 5.91 Å². The maximum Gasteiger partial charge on any atom is 0.291 e. The molecule has 0 unspecified atom stereocenters. The van der Waals surface area contributed by atoms with E-state index < -0.39 is 0 Å². The van der Waals surface area contributed by atoms with Gasteiger partial charge in [-0.25, -0.2) is 0 Å². The van der Waals surface area contributed by atoms with E-state index in [1.54, 1.807) is 36.4 Å². The monoisotopic (exact) mass is 286 g/mol. The van der Waals surface area contributed by atoms with Crippen LogP contribution in [0.4, 0.5) is 11.4 Å². The lowest BCUT2D eigenvalue weighted by Crippen LogP contribution is -2.14. The minimum absolute atomic E-state index is 0.0421. The second-order valence-electron chi connectivity index (χ2n) is 5.16. The molecule has 5 nitrogen and oxygen atoms in total. The highest BCUT2D eigenvalue weighted by Gasteiger charge is 2.10. The van der Waals surface area contributed by atoms with Crippen LogP contribution in [-0.4, -0.2) is 11.8 Å². The van der Waals surface area contributed by atoms with Crippen molar-refractivity contribution in [3.05, 3.63) is 48.4 Å². The summed E-state index contributed by atoms with van der Waals surface area (Å²) in [6, 6.07) is 10.2. The quantitative estimate of drug-likeness (QED) is 0.883. The van der Waals surface area contributed by atoms with Gasteiger partial charge in [0.15, 0.2) is 5.76 Å². The van der Waals surface area contributed by atoms with Crippen LogP contribution in [0.3, 0.4) is 0 Å². The van der Waals surface area contributed by atoms with Gasteiger partial charge in [0, 0.05) is 17.8 Å². The second-order valence-corrected chi connectivity index (χ2v) is 5.16. The van der Waals surface area contributed by atoms with E-state index in [9.17, 15) is 9.59 Å². The van der Waals surface area contributed by atoms with Crippen molar-refractivity contribution >= 4 is 23.2 Å². The highest BCUT2D eigenvalue weighted by atomic mass is 16.3. The van der Waals surface area contributed by atoms with Crippen LogP contribution < -0.4 is 10.6 Å². The van der Waals surface area contributed by atoms with E-state index in [2.05, 4.69) is 10.6 Å². The molecular formula is C16H18N2O3. The van der Waals surface area contributed by atoms with Crippen molar-refractivity contribution in [3.63, 3.8) is 0 Å². The van der Waals surface area contributed by atoms with E-state index in [1.165, 1.54) is 6.26 Å². The van der Waals surface area contributed by atoms with E-state index in [-0.39, 0.29) is 17.6 Å². The minimum atomic E-state index is -0.328. The molecule has 0 radical (unpaired) electrons. The van der Waals surface area contributed by atoms with Crippen molar-refractivity contribution in [2.45, 2.75) is 20.3 Å². The fraction of sp³-hybridized carbons (Fsp3) is 0.250. The van der Waals surface area contributed by atoms with Gasteiger partial charge in [0.1, 0.15) is 0 Å². The molecule has 110 valence electrons. The minimum Gasteiger partial charge on any atom is -0.459 e. The number of nitrogens with one attached hydrogen (secondary N) is 2. The Morgan fingerprint density at radius 2 is 1.81 bits per heavy atom. The number of anilines is 2. The van der Waals surface area contributed by atoms with Crippen LogP contribution in [0.2, 0.25) is 0 Å². The van der Waals surface area contributed by atoms with Crippen molar-refractivity contribution < 1.29 is 14.0 Å². The van der Waals surface area contributed by atoms with Crippen molar-refractivity contribution in [1.29, 1.82) is 0 Å². The van der Waals surface area contributed by atoms with Gasteiger partial charge in [-0.1, -0.05) is 19.9 Å². The summed E-state index contributed by atoms with van der Waals surface area (Å²) in [5, 5.41) is 5.52. The molecular weight excluding hydrogens is 268 g/mol. The highest BCUT2D eigenvalue weighted by molar-refractivity contribution is 6.02. The fourth-order valence-electron chi connectivity index (χ4n) is 1.86. The Morgan fingerprint density at radius 3 is 2.43 bits per heavy atom. The molecule has 0 atom stereocenters. The number of rotatable bonds is 5. The normalized spacial score (nSPS) is 10.4. The molecule has 1 heterocycles. The van der Waals surface area contributed by atoms with E-state index in [1.807, 2.05) is 13.8 Å². The second kappa shape index (κ2) is 6.74. The van der Waals surface area contributed by atoms with Gasteiger partial charge in [0.2, 0.25) is 5.91 Å². The molecule has 0 aliphatic rings. The fourth-order valence-corrected chi connectivity index (χ4v) is 1.86. The van der Waals surface area contributed by atoms with Crippen molar-refractivity contribution in [2.75, 3.05) is 10.6 Å². The maximum atomic E-state index is 11.9. The van der Waals surface area contributed by atoms with Crippen molar-refractivity contribution in [1.82, 2.24) is 0 Å². The number of furan rings is 1. The Labute approximate surface area is 123 Å². The first-order valence-electron chi connectivity index (χ1n) is 6.79. The van der Waals surface area contributed by atoms with E-state index in [0.717, 1.165) is 0 Å². The van der Waals surface area contributed by atoms with Gasteiger partial charge in [-0.3, -0.25) is 9.59 Å². The third-order valence-electron chi connectivity index (χ3n) is 2.74. The Morgan fingerprint density at radius 1 is 1.10 bits per heavy atom. The summed E-state index contributed by atoms with van der Waals surface area (Å²) in [6.07, 6.45) is 1.90. The number of carbonyl (C=O) groups is 2. The molecule has 0 bridgehead atoms. The molecule has 0 spiro atoms. The number of hydrogen-bond acceptors (Lipinski definition) is 3. The lowest BCUT2D eigenvalue weighted by Gasteiger charge is -2.09. The smallest absolute Gasteiger partial charge is 0.291 e.